The summed E-state index contributed by atoms with van der Waals surface area (Å²) in [5.41, 5.74) is -4.62. The molecule has 0 spiro atoms. The second kappa shape index (κ2) is 4.17. The molecule has 0 saturated carbocycles. The molecule has 2 nitrogen and oxygen atoms in total. The van der Waals surface area contributed by atoms with Crippen molar-refractivity contribution in [1.29, 1.82) is 0 Å². The van der Waals surface area contributed by atoms with Crippen LogP contribution >= 0.6 is 11.6 Å². The van der Waals surface area contributed by atoms with Crippen LogP contribution in [0.15, 0.2) is 24.8 Å². The molecular formula is C10H6ClF3O2. The van der Waals surface area contributed by atoms with Crippen molar-refractivity contribution in [3.8, 4) is 0 Å². The van der Waals surface area contributed by atoms with Gasteiger partial charge in [-0.25, -0.2) is 18.0 Å². The van der Waals surface area contributed by atoms with Gasteiger partial charge in [0.25, 0.3) is 5.67 Å². The first-order chi connectivity index (χ1) is 7.34. The third-order valence-corrected chi connectivity index (χ3v) is 2.29. The topological polar surface area (TPSA) is 37.3 Å². The predicted octanol–water partition coefficient (Wildman–Crippen LogP) is 3.05. The van der Waals surface area contributed by atoms with Gasteiger partial charge in [0.2, 0.25) is 0 Å². The minimum atomic E-state index is -3.35. The minimum absolute atomic E-state index is 0.299. The van der Waals surface area contributed by atoms with E-state index in [1.165, 1.54) is 0 Å². The summed E-state index contributed by atoms with van der Waals surface area (Å²) in [6.45, 7) is 2.91. The number of carboxylic acids is 1. The average Bonchev–Trinajstić information content (AvgIpc) is 2.23. The first-order valence-electron chi connectivity index (χ1n) is 4.04. The SMILES string of the molecule is C=CC(F)(C(=O)O)c1c(F)ccc(Cl)c1F. The van der Waals surface area contributed by atoms with E-state index in [9.17, 15) is 18.0 Å². The van der Waals surface area contributed by atoms with Crippen LogP contribution in [0, 0.1) is 11.6 Å². The van der Waals surface area contributed by atoms with Gasteiger partial charge in [-0.2, -0.15) is 0 Å². The zero-order valence-corrected chi connectivity index (χ0v) is 8.56. The Morgan fingerprint density at radius 1 is 1.50 bits per heavy atom. The molecule has 86 valence electrons. The summed E-state index contributed by atoms with van der Waals surface area (Å²) < 4.78 is 40.4. The second-order valence-electron chi connectivity index (χ2n) is 2.94. The number of rotatable bonds is 3. The van der Waals surface area contributed by atoms with E-state index < -0.39 is 33.9 Å². The molecule has 0 heterocycles. The normalized spacial score (nSPS) is 14.2. The van der Waals surface area contributed by atoms with Crippen molar-refractivity contribution in [1.82, 2.24) is 0 Å². The van der Waals surface area contributed by atoms with E-state index in [-0.39, 0.29) is 0 Å². The molecule has 0 aliphatic heterocycles. The third kappa shape index (κ3) is 1.78. The van der Waals surface area contributed by atoms with Crippen molar-refractivity contribution in [2.24, 2.45) is 0 Å². The molecule has 1 rings (SSSR count). The number of hydrogen-bond acceptors (Lipinski definition) is 1. The predicted molar refractivity (Wildman–Crippen MR) is 52.0 cm³/mol. The van der Waals surface area contributed by atoms with Crippen LogP contribution in [-0.4, -0.2) is 11.1 Å². The van der Waals surface area contributed by atoms with Crippen LogP contribution in [0.2, 0.25) is 5.02 Å². The highest BCUT2D eigenvalue weighted by Crippen LogP contribution is 2.34. The summed E-state index contributed by atoms with van der Waals surface area (Å²) in [5, 5.41) is 8.04. The molecule has 0 saturated heterocycles. The van der Waals surface area contributed by atoms with Crippen LogP contribution in [0.5, 0.6) is 0 Å². The lowest BCUT2D eigenvalue weighted by atomic mass is 9.95. The maximum absolute atomic E-state index is 13.8. The van der Waals surface area contributed by atoms with Crippen LogP contribution in [0.1, 0.15) is 5.56 Å². The quantitative estimate of drug-likeness (QED) is 0.661. The fourth-order valence-electron chi connectivity index (χ4n) is 1.16. The van der Waals surface area contributed by atoms with E-state index in [1.54, 1.807) is 0 Å². The van der Waals surface area contributed by atoms with Gasteiger partial charge in [-0.1, -0.05) is 18.2 Å². The molecule has 0 bridgehead atoms. The molecule has 0 fully saturated rings. The van der Waals surface area contributed by atoms with E-state index in [1.807, 2.05) is 0 Å². The molecule has 0 aromatic heterocycles. The molecule has 1 unspecified atom stereocenters. The number of carbonyl (C=O) groups is 1. The van der Waals surface area contributed by atoms with Crippen molar-refractivity contribution >= 4 is 17.6 Å². The van der Waals surface area contributed by atoms with Gasteiger partial charge in [0.1, 0.15) is 5.82 Å². The standard InChI is InChI=1S/C10H6ClF3O2/c1-2-10(14,9(15)16)7-6(12)4-3-5(11)8(7)13/h2-4H,1H2,(H,15,16). The third-order valence-electron chi connectivity index (χ3n) is 2.00. The highest BCUT2D eigenvalue weighted by Gasteiger charge is 2.43. The first kappa shape index (κ1) is 12.6. The number of halogens is 4. The van der Waals surface area contributed by atoms with Gasteiger partial charge in [-0.05, 0) is 18.2 Å². The maximum Gasteiger partial charge on any atom is 0.350 e. The van der Waals surface area contributed by atoms with Crippen molar-refractivity contribution in [3.05, 3.63) is 47.0 Å². The van der Waals surface area contributed by atoms with E-state index in [0.717, 1.165) is 6.07 Å². The zero-order valence-electron chi connectivity index (χ0n) is 7.81. The van der Waals surface area contributed by atoms with Crippen molar-refractivity contribution in [2.75, 3.05) is 0 Å². The highest BCUT2D eigenvalue weighted by molar-refractivity contribution is 6.30. The second-order valence-corrected chi connectivity index (χ2v) is 3.35. The van der Waals surface area contributed by atoms with Gasteiger partial charge in [0, 0.05) is 0 Å². The van der Waals surface area contributed by atoms with Crippen molar-refractivity contribution in [2.45, 2.75) is 5.67 Å². The Morgan fingerprint density at radius 3 is 2.50 bits per heavy atom. The number of carboxylic acid groups (broad SMARTS) is 1. The van der Waals surface area contributed by atoms with Gasteiger partial charge >= 0.3 is 5.97 Å². The monoisotopic (exact) mass is 250 g/mol. The Hall–Kier alpha value is -1.49. The molecule has 1 N–H and O–H groups in total. The summed E-state index contributed by atoms with van der Waals surface area (Å²) in [6.07, 6.45) is 0.299. The summed E-state index contributed by atoms with van der Waals surface area (Å²) in [6, 6.07) is 1.54. The molecule has 1 aromatic carbocycles. The largest absolute Gasteiger partial charge is 0.478 e. The van der Waals surface area contributed by atoms with Crippen LogP contribution in [0.3, 0.4) is 0 Å². The molecule has 16 heavy (non-hydrogen) atoms. The summed E-state index contributed by atoms with van der Waals surface area (Å²) in [5.74, 6) is -4.86. The van der Waals surface area contributed by atoms with Gasteiger partial charge in [0.15, 0.2) is 5.82 Å². The van der Waals surface area contributed by atoms with Gasteiger partial charge in [-0.15, -0.1) is 0 Å². The Morgan fingerprint density at radius 2 is 2.06 bits per heavy atom. The summed E-state index contributed by atoms with van der Waals surface area (Å²) >= 11 is 5.32. The van der Waals surface area contributed by atoms with Gasteiger partial charge < -0.3 is 5.11 Å². The van der Waals surface area contributed by atoms with Crippen molar-refractivity contribution < 1.29 is 23.1 Å². The Labute approximate surface area is 94.0 Å². The zero-order chi connectivity index (χ0) is 12.5. The van der Waals surface area contributed by atoms with Crippen LogP contribution in [0.4, 0.5) is 13.2 Å². The molecule has 6 heteroatoms. The Bertz CT molecular complexity index is 462. The van der Waals surface area contributed by atoms with E-state index in [4.69, 9.17) is 16.7 Å². The lowest BCUT2D eigenvalue weighted by molar-refractivity contribution is -0.148. The fourth-order valence-corrected chi connectivity index (χ4v) is 1.31. The molecule has 0 radical (unpaired) electrons. The fraction of sp³-hybridized carbons (Fsp3) is 0.100. The Balaban J connectivity index is 3.59. The summed E-state index contributed by atoms with van der Waals surface area (Å²) in [7, 11) is 0. The lowest BCUT2D eigenvalue weighted by Gasteiger charge is -2.18. The Kier molecular flexibility index (Phi) is 3.28. The van der Waals surface area contributed by atoms with E-state index in [2.05, 4.69) is 6.58 Å². The van der Waals surface area contributed by atoms with E-state index in [0.29, 0.717) is 12.1 Å². The molecule has 0 aliphatic rings. The smallest absolute Gasteiger partial charge is 0.350 e. The average molecular weight is 251 g/mol. The summed E-state index contributed by atoms with van der Waals surface area (Å²) in [4.78, 5) is 10.6. The van der Waals surface area contributed by atoms with Crippen LogP contribution < -0.4 is 0 Å². The highest BCUT2D eigenvalue weighted by atomic mass is 35.5. The first-order valence-corrected chi connectivity index (χ1v) is 4.42. The molecule has 1 aromatic rings. The number of alkyl halides is 1. The maximum atomic E-state index is 13.8. The van der Waals surface area contributed by atoms with Crippen LogP contribution in [0.25, 0.3) is 0 Å². The van der Waals surface area contributed by atoms with Crippen LogP contribution in [-0.2, 0) is 10.5 Å². The van der Waals surface area contributed by atoms with E-state index >= 15 is 0 Å². The van der Waals surface area contributed by atoms with Gasteiger partial charge in [-0.3, -0.25) is 0 Å². The number of aliphatic carboxylic acids is 1. The molecule has 1 atom stereocenters. The lowest BCUT2D eigenvalue weighted by Crippen LogP contribution is -2.30. The number of hydrogen-bond donors (Lipinski definition) is 1. The molecule has 0 aliphatic carbocycles. The molecular weight excluding hydrogens is 245 g/mol. The molecule has 0 amide bonds. The number of benzene rings is 1. The van der Waals surface area contributed by atoms with Crippen molar-refractivity contribution in [3.63, 3.8) is 0 Å². The van der Waals surface area contributed by atoms with Gasteiger partial charge in [0.05, 0.1) is 10.6 Å². The minimum Gasteiger partial charge on any atom is -0.478 e.